The number of carbonyl (C=O) groups excluding carboxylic acids is 3. The van der Waals surface area contributed by atoms with Crippen molar-refractivity contribution < 1.29 is 14.4 Å². The Morgan fingerprint density at radius 1 is 1.25 bits per heavy atom. The third kappa shape index (κ3) is 4.71. The van der Waals surface area contributed by atoms with Crippen molar-refractivity contribution in [1.82, 2.24) is 10.6 Å². The molecule has 130 valence electrons. The van der Waals surface area contributed by atoms with Crippen LogP contribution >= 0.6 is 0 Å². The monoisotopic (exact) mass is 332 g/mol. The summed E-state index contributed by atoms with van der Waals surface area (Å²) in [6, 6.07) is 4.36. The lowest BCUT2D eigenvalue weighted by atomic mass is 10.1. The van der Waals surface area contributed by atoms with Gasteiger partial charge in [-0.25, -0.2) is 4.79 Å². The van der Waals surface area contributed by atoms with Crippen LogP contribution in [0.15, 0.2) is 18.2 Å². The molecule has 0 bridgehead atoms. The summed E-state index contributed by atoms with van der Waals surface area (Å²) in [6.45, 7) is 6.35. The highest BCUT2D eigenvalue weighted by molar-refractivity contribution is 5.97. The molecule has 1 heterocycles. The smallest absolute Gasteiger partial charge is 0.319 e. The second kappa shape index (κ2) is 7.81. The number of hydrogen-bond donors (Lipinski definition) is 4. The van der Waals surface area contributed by atoms with Crippen molar-refractivity contribution in [2.75, 3.05) is 17.2 Å². The zero-order valence-electron chi connectivity index (χ0n) is 14.2. The summed E-state index contributed by atoms with van der Waals surface area (Å²) < 4.78 is 0. The summed E-state index contributed by atoms with van der Waals surface area (Å²) in [6.07, 6.45) is 1.02. The minimum absolute atomic E-state index is 0.0580. The molecule has 0 radical (unpaired) electrons. The topological polar surface area (TPSA) is 99.3 Å². The molecular weight excluding hydrogens is 308 g/mol. The number of rotatable bonds is 5. The molecule has 1 aliphatic heterocycles. The van der Waals surface area contributed by atoms with Gasteiger partial charge in [-0.05, 0) is 37.0 Å². The molecule has 1 unspecified atom stereocenters. The molecule has 1 aromatic carbocycles. The molecule has 2 rings (SSSR count). The standard InChI is InChI=1S/C17H24N4O3/c1-10(2)9-15(22)19-12-5-4-6-13(11(12)3)20-17(24)21-14-7-8-18-16(14)23/h4-6,10,14H,7-9H2,1-3H3,(H,18,23)(H,19,22)(H2,20,21,24). The maximum Gasteiger partial charge on any atom is 0.319 e. The van der Waals surface area contributed by atoms with E-state index in [2.05, 4.69) is 21.3 Å². The molecule has 7 nitrogen and oxygen atoms in total. The van der Waals surface area contributed by atoms with Crippen molar-refractivity contribution in [1.29, 1.82) is 0 Å². The van der Waals surface area contributed by atoms with Gasteiger partial charge in [0, 0.05) is 24.3 Å². The average molecular weight is 332 g/mol. The molecule has 24 heavy (non-hydrogen) atoms. The Balaban J connectivity index is 2.00. The van der Waals surface area contributed by atoms with Gasteiger partial charge in [-0.2, -0.15) is 0 Å². The van der Waals surface area contributed by atoms with Crippen LogP contribution < -0.4 is 21.3 Å². The lowest BCUT2D eigenvalue weighted by Crippen LogP contribution is -2.42. The normalized spacial score (nSPS) is 16.7. The van der Waals surface area contributed by atoms with E-state index in [1.54, 1.807) is 18.2 Å². The van der Waals surface area contributed by atoms with Gasteiger partial charge in [-0.3, -0.25) is 9.59 Å². The zero-order chi connectivity index (χ0) is 17.7. The average Bonchev–Trinajstić information content (AvgIpc) is 2.87. The summed E-state index contributed by atoms with van der Waals surface area (Å²) in [5.41, 5.74) is 2.02. The van der Waals surface area contributed by atoms with Crippen molar-refractivity contribution in [3.05, 3.63) is 23.8 Å². The molecule has 0 spiro atoms. The Kier molecular flexibility index (Phi) is 5.78. The van der Waals surface area contributed by atoms with E-state index >= 15 is 0 Å². The molecule has 4 amide bonds. The molecule has 0 aromatic heterocycles. The highest BCUT2D eigenvalue weighted by Gasteiger charge is 2.25. The van der Waals surface area contributed by atoms with E-state index in [9.17, 15) is 14.4 Å². The van der Waals surface area contributed by atoms with Crippen molar-refractivity contribution in [2.45, 2.75) is 39.7 Å². The van der Waals surface area contributed by atoms with E-state index in [0.29, 0.717) is 30.8 Å². The van der Waals surface area contributed by atoms with E-state index < -0.39 is 12.1 Å². The Hall–Kier alpha value is -2.57. The summed E-state index contributed by atoms with van der Waals surface area (Å²) in [5, 5.41) is 10.9. The Labute approximate surface area is 141 Å². The molecule has 0 saturated carbocycles. The predicted molar refractivity (Wildman–Crippen MR) is 92.8 cm³/mol. The molecule has 1 fully saturated rings. The molecule has 1 atom stereocenters. The summed E-state index contributed by atoms with van der Waals surface area (Å²) >= 11 is 0. The Bertz CT molecular complexity index is 643. The first-order valence-electron chi connectivity index (χ1n) is 8.11. The SMILES string of the molecule is Cc1c(NC(=O)CC(C)C)cccc1NC(=O)NC1CCNC1=O. The first-order valence-corrected chi connectivity index (χ1v) is 8.11. The molecular formula is C17H24N4O3. The summed E-state index contributed by atoms with van der Waals surface area (Å²) in [4.78, 5) is 35.5. The predicted octanol–water partition coefficient (Wildman–Crippen LogP) is 1.99. The molecule has 7 heteroatoms. The fraction of sp³-hybridized carbons (Fsp3) is 0.471. The van der Waals surface area contributed by atoms with Gasteiger partial charge in [0.15, 0.2) is 0 Å². The van der Waals surface area contributed by atoms with Gasteiger partial charge < -0.3 is 21.3 Å². The number of anilines is 2. The van der Waals surface area contributed by atoms with Gasteiger partial charge in [0.25, 0.3) is 0 Å². The van der Waals surface area contributed by atoms with Crippen LogP contribution in [-0.4, -0.2) is 30.4 Å². The lowest BCUT2D eigenvalue weighted by Gasteiger charge is -2.15. The van der Waals surface area contributed by atoms with Gasteiger partial charge in [0.05, 0.1) is 0 Å². The molecule has 1 aromatic rings. The Morgan fingerprint density at radius 2 is 1.92 bits per heavy atom. The van der Waals surface area contributed by atoms with Crippen LogP contribution in [0.25, 0.3) is 0 Å². The van der Waals surface area contributed by atoms with Crippen molar-refractivity contribution in [2.24, 2.45) is 5.92 Å². The second-order valence-corrected chi connectivity index (χ2v) is 6.36. The minimum Gasteiger partial charge on any atom is -0.354 e. The van der Waals surface area contributed by atoms with E-state index in [-0.39, 0.29) is 17.7 Å². The first-order chi connectivity index (χ1) is 11.4. The van der Waals surface area contributed by atoms with Crippen molar-refractivity contribution in [3.63, 3.8) is 0 Å². The fourth-order valence-electron chi connectivity index (χ4n) is 2.53. The third-order valence-corrected chi connectivity index (χ3v) is 3.80. The summed E-state index contributed by atoms with van der Waals surface area (Å²) in [7, 11) is 0. The van der Waals surface area contributed by atoms with Crippen LogP contribution in [0.4, 0.5) is 16.2 Å². The minimum atomic E-state index is -0.501. The highest BCUT2D eigenvalue weighted by Crippen LogP contribution is 2.23. The van der Waals surface area contributed by atoms with Crippen LogP contribution in [0.3, 0.4) is 0 Å². The zero-order valence-corrected chi connectivity index (χ0v) is 14.2. The summed E-state index contributed by atoms with van der Waals surface area (Å²) in [5.74, 6) is 0.0452. The maximum absolute atomic E-state index is 12.1. The number of benzene rings is 1. The lowest BCUT2D eigenvalue weighted by molar-refractivity contribution is -0.120. The molecule has 1 aliphatic rings. The first kappa shape index (κ1) is 17.8. The highest BCUT2D eigenvalue weighted by atomic mass is 16.2. The number of carbonyl (C=O) groups is 3. The molecule has 4 N–H and O–H groups in total. The van der Waals surface area contributed by atoms with E-state index in [1.807, 2.05) is 20.8 Å². The van der Waals surface area contributed by atoms with E-state index in [0.717, 1.165) is 5.56 Å². The largest absolute Gasteiger partial charge is 0.354 e. The van der Waals surface area contributed by atoms with E-state index in [4.69, 9.17) is 0 Å². The quantitative estimate of drug-likeness (QED) is 0.663. The van der Waals surface area contributed by atoms with Crippen molar-refractivity contribution >= 4 is 29.2 Å². The van der Waals surface area contributed by atoms with Crippen LogP contribution in [0.5, 0.6) is 0 Å². The van der Waals surface area contributed by atoms with Crippen molar-refractivity contribution in [3.8, 4) is 0 Å². The number of hydrogen-bond acceptors (Lipinski definition) is 3. The van der Waals surface area contributed by atoms with Gasteiger partial charge in [0.2, 0.25) is 11.8 Å². The third-order valence-electron chi connectivity index (χ3n) is 3.80. The second-order valence-electron chi connectivity index (χ2n) is 6.36. The van der Waals surface area contributed by atoms with E-state index in [1.165, 1.54) is 0 Å². The van der Waals surface area contributed by atoms with Crippen LogP contribution in [0.2, 0.25) is 0 Å². The number of amides is 4. The van der Waals surface area contributed by atoms with Crippen LogP contribution in [-0.2, 0) is 9.59 Å². The molecule has 0 aliphatic carbocycles. The maximum atomic E-state index is 12.1. The van der Waals surface area contributed by atoms with Crippen LogP contribution in [0, 0.1) is 12.8 Å². The Morgan fingerprint density at radius 3 is 2.50 bits per heavy atom. The van der Waals surface area contributed by atoms with Gasteiger partial charge in [-0.1, -0.05) is 19.9 Å². The number of urea groups is 1. The van der Waals surface area contributed by atoms with Gasteiger partial charge in [0.1, 0.15) is 6.04 Å². The van der Waals surface area contributed by atoms with Gasteiger partial charge >= 0.3 is 6.03 Å². The fourth-order valence-corrected chi connectivity index (χ4v) is 2.53. The number of nitrogens with one attached hydrogen (secondary N) is 4. The molecule has 1 saturated heterocycles. The van der Waals surface area contributed by atoms with Crippen LogP contribution in [0.1, 0.15) is 32.3 Å². The van der Waals surface area contributed by atoms with Gasteiger partial charge in [-0.15, -0.1) is 0 Å².